The third kappa shape index (κ3) is 1.37. The predicted molar refractivity (Wildman–Crippen MR) is 43.6 cm³/mol. The minimum Gasteiger partial charge on any atom is -0.397 e. The van der Waals surface area contributed by atoms with E-state index in [0.717, 1.165) is 0 Å². The van der Waals surface area contributed by atoms with Gasteiger partial charge in [-0.15, -0.1) is 0 Å². The Balaban J connectivity index is 3.60. The van der Waals surface area contributed by atoms with E-state index in [1.165, 1.54) is 0 Å². The zero-order chi connectivity index (χ0) is 9.46. The summed E-state index contributed by atoms with van der Waals surface area (Å²) in [5.74, 6) is 0. The molecule has 0 saturated carbocycles. The number of rotatable bonds is 0. The molecule has 1 aromatic carbocycles. The molecule has 0 radical (unpaired) electrons. The molecule has 2 N–H and O–H groups in total. The topological polar surface area (TPSA) is 26.0 Å². The summed E-state index contributed by atoms with van der Waals surface area (Å²) >= 11 is 8.68. The van der Waals surface area contributed by atoms with E-state index >= 15 is 0 Å². The molecule has 9 heavy (non-hydrogen) atoms. The zero-order valence-corrected chi connectivity index (χ0v) is 6.68. The summed E-state index contributed by atoms with van der Waals surface area (Å²) in [5, 5.41) is 0.126. The van der Waals surface area contributed by atoms with Crippen LogP contribution in [0.4, 0.5) is 5.69 Å². The van der Waals surface area contributed by atoms with Gasteiger partial charge in [0, 0.05) is 4.47 Å². The van der Waals surface area contributed by atoms with Crippen molar-refractivity contribution in [3.8, 4) is 0 Å². The summed E-state index contributed by atoms with van der Waals surface area (Å²) < 4.78 is 22.2. The van der Waals surface area contributed by atoms with Gasteiger partial charge < -0.3 is 5.73 Å². The Morgan fingerprint density at radius 3 is 3.00 bits per heavy atom. The summed E-state index contributed by atoms with van der Waals surface area (Å²) in [5.41, 5.74) is 5.43. The van der Waals surface area contributed by atoms with E-state index in [-0.39, 0.29) is 33.3 Å². The normalized spacial score (nSPS) is 14.2. The van der Waals surface area contributed by atoms with Gasteiger partial charge in [-0.2, -0.15) is 0 Å². The van der Waals surface area contributed by atoms with Crippen molar-refractivity contribution in [3.63, 3.8) is 0 Å². The van der Waals surface area contributed by atoms with Crippen LogP contribution in [0, 0.1) is 0 Å². The number of halogens is 2. The second-order valence-corrected chi connectivity index (χ2v) is 2.59. The average molecular weight is 209 g/mol. The van der Waals surface area contributed by atoms with Gasteiger partial charge in [-0.3, -0.25) is 0 Å². The molecular formula is C6H5BrClN. The predicted octanol–water partition coefficient (Wildman–Crippen LogP) is 2.68. The van der Waals surface area contributed by atoms with Crippen molar-refractivity contribution in [3.05, 3.63) is 27.6 Å². The van der Waals surface area contributed by atoms with Crippen LogP contribution in [0.25, 0.3) is 0 Å². The summed E-state index contributed by atoms with van der Waals surface area (Å²) in [7, 11) is 0. The van der Waals surface area contributed by atoms with Crippen LogP contribution in [-0.4, -0.2) is 0 Å². The Morgan fingerprint density at radius 1 is 1.67 bits per heavy atom. The van der Waals surface area contributed by atoms with Crippen LogP contribution in [-0.2, 0) is 0 Å². The van der Waals surface area contributed by atoms with Gasteiger partial charge in [0.05, 0.1) is 14.8 Å². The molecule has 0 spiro atoms. The van der Waals surface area contributed by atoms with Crippen molar-refractivity contribution in [2.75, 3.05) is 5.73 Å². The fraction of sp³-hybridized carbons (Fsp3) is 0. The minimum atomic E-state index is -0.219. The first-order chi connectivity index (χ1) is 5.46. The van der Waals surface area contributed by atoms with Gasteiger partial charge in [-0.25, -0.2) is 0 Å². The van der Waals surface area contributed by atoms with Gasteiger partial charge in [0.1, 0.15) is 0 Å². The molecule has 0 aliphatic heterocycles. The van der Waals surface area contributed by atoms with Crippen molar-refractivity contribution >= 4 is 33.2 Å². The van der Waals surface area contributed by atoms with Gasteiger partial charge in [-0.05, 0) is 28.0 Å². The summed E-state index contributed by atoms with van der Waals surface area (Å²) in [6.07, 6.45) is 0. The first kappa shape index (κ1) is 3.84. The lowest BCUT2D eigenvalue weighted by Gasteiger charge is -1.96. The van der Waals surface area contributed by atoms with Crippen molar-refractivity contribution in [2.45, 2.75) is 0 Å². The van der Waals surface area contributed by atoms with Crippen molar-refractivity contribution in [2.24, 2.45) is 0 Å². The van der Waals surface area contributed by atoms with E-state index in [4.69, 9.17) is 21.4 Å². The van der Waals surface area contributed by atoms with E-state index in [2.05, 4.69) is 15.9 Å². The summed E-state index contributed by atoms with van der Waals surface area (Å²) in [6, 6.07) is -0.531. The highest BCUT2D eigenvalue weighted by atomic mass is 79.9. The van der Waals surface area contributed by atoms with E-state index in [0.29, 0.717) is 0 Å². The maximum atomic E-state index is 7.33. The van der Waals surface area contributed by atoms with Crippen LogP contribution in [0.15, 0.2) is 22.6 Å². The van der Waals surface area contributed by atoms with Crippen LogP contribution < -0.4 is 5.73 Å². The van der Waals surface area contributed by atoms with Crippen molar-refractivity contribution in [1.29, 1.82) is 0 Å². The molecule has 3 heteroatoms. The van der Waals surface area contributed by atoms with Gasteiger partial charge >= 0.3 is 0 Å². The molecular weight excluding hydrogens is 201 g/mol. The number of benzene rings is 1. The lowest BCUT2D eigenvalue weighted by atomic mass is 10.3. The van der Waals surface area contributed by atoms with Crippen LogP contribution in [0.1, 0.15) is 4.11 Å². The molecule has 0 atom stereocenters. The second kappa shape index (κ2) is 2.58. The smallest absolute Gasteiger partial charge is 0.0777 e. The maximum absolute atomic E-state index is 7.33. The Hall–Kier alpha value is -0.210. The Bertz CT molecular complexity index is 237. The van der Waals surface area contributed by atoms with Crippen molar-refractivity contribution < 1.29 is 4.11 Å². The molecule has 0 aliphatic carbocycles. The standard InChI is InChI=1S/C6H5BrClN/c7-4-2-1-3-5(9)6(4)8/h1-3H,9H2/i1D,2D,3D. The summed E-state index contributed by atoms with van der Waals surface area (Å²) in [4.78, 5) is 0. The van der Waals surface area contributed by atoms with Crippen LogP contribution in [0.5, 0.6) is 0 Å². The maximum Gasteiger partial charge on any atom is 0.0777 e. The third-order valence-corrected chi connectivity index (χ3v) is 2.01. The Kier molecular flexibility index (Phi) is 1.10. The molecule has 0 unspecified atom stereocenters. The number of nitrogens with two attached hydrogens (primary N) is 1. The molecule has 1 rings (SSSR count). The van der Waals surface area contributed by atoms with Crippen molar-refractivity contribution in [1.82, 2.24) is 0 Å². The van der Waals surface area contributed by atoms with E-state index in [1.807, 2.05) is 0 Å². The number of hydrogen-bond donors (Lipinski definition) is 1. The lowest BCUT2D eigenvalue weighted by molar-refractivity contribution is 1.63. The molecule has 0 bridgehead atoms. The average Bonchev–Trinajstić information content (AvgIpc) is 2.08. The van der Waals surface area contributed by atoms with E-state index in [1.54, 1.807) is 0 Å². The fourth-order valence-corrected chi connectivity index (χ4v) is 0.789. The number of anilines is 1. The molecule has 0 heterocycles. The molecule has 0 fully saturated rings. The van der Waals surface area contributed by atoms with Gasteiger partial charge in [-0.1, -0.05) is 17.6 Å². The summed E-state index contributed by atoms with van der Waals surface area (Å²) in [6.45, 7) is 0. The molecule has 0 saturated heterocycles. The SMILES string of the molecule is [2H]c1c([2H])c(N)c(Cl)c(Br)c1[2H]. The monoisotopic (exact) mass is 208 g/mol. The molecule has 1 nitrogen and oxygen atoms in total. The number of hydrogen-bond acceptors (Lipinski definition) is 1. The first-order valence-electron chi connectivity index (χ1n) is 3.67. The van der Waals surface area contributed by atoms with E-state index < -0.39 is 0 Å². The minimum absolute atomic E-state index is 0.0320. The quantitative estimate of drug-likeness (QED) is 0.653. The Morgan fingerprint density at radius 2 is 2.33 bits per heavy atom. The molecule has 0 amide bonds. The lowest BCUT2D eigenvalue weighted by Crippen LogP contribution is -1.84. The Labute approximate surface area is 71.2 Å². The van der Waals surface area contributed by atoms with Gasteiger partial charge in [0.15, 0.2) is 0 Å². The molecule has 0 aliphatic rings. The third-order valence-electron chi connectivity index (χ3n) is 0.799. The van der Waals surface area contributed by atoms with Crippen LogP contribution in [0.2, 0.25) is 5.02 Å². The highest BCUT2D eigenvalue weighted by Gasteiger charge is 1.97. The highest BCUT2D eigenvalue weighted by molar-refractivity contribution is 9.10. The highest BCUT2D eigenvalue weighted by Crippen LogP contribution is 2.27. The van der Waals surface area contributed by atoms with Gasteiger partial charge in [0.2, 0.25) is 0 Å². The fourth-order valence-electron chi connectivity index (χ4n) is 0.381. The number of nitrogen functional groups attached to an aromatic ring is 1. The van der Waals surface area contributed by atoms with E-state index in [9.17, 15) is 0 Å². The first-order valence-corrected chi connectivity index (χ1v) is 3.34. The van der Waals surface area contributed by atoms with Gasteiger partial charge in [0.25, 0.3) is 0 Å². The zero-order valence-electron chi connectivity index (χ0n) is 7.33. The van der Waals surface area contributed by atoms with Crippen LogP contribution in [0.3, 0.4) is 0 Å². The molecule has 1 aromatic rings. The largest absolute Gasteiger partial charge is 0.397 e. The van der Waals surface area contributed by atoms with Crippen LogP contribution >= 0.6 is 27.5 Å². The second-order valence-electron chi connectivity index (χ2n) is 1.42. The molecule has 0 aromatic heterocycles. The molecule has 48 valence electrons.